The van der Waals surface area contributed by atoms with Gasteiger partial charge in [-0.15, -0.1) is 0 Å². The van der Waals surface area contributed by atoms with E-state index in [1.807, 2.05) is 32.0 Å². The lowest BCUT2D eigenvalue weighted by Gasteiger charge is -2.40. The van der Waals surface area contributed by atoms with Gasteiger partial charge in [0.05, 0.1) is 25.7 Å². The van der Waals surface area contributed by atoms with Gasteiger partial charge in [0.15, 0.2) is 0 Å². The number of fused-ring (bicyclic) bond motifs is 1. The van der Waals surface area contributed by atoms with Crippen LogP contribution in [0.2, 0.25) is 0 Å². The highest BCUT2D eigenvalue weighted by molar-refractivity contribution is 5.88. The van der Waals surface area contributed by atoms with Crippen LogP contribution in [0.1, 0.15) is 13.8 Å². The quantitative estimate of drug-likeness (QED) is 0.838. The van der Waals surface area contributed by atoms with Gasteiger partial charge in [0.1, 0.15) is 5.75 Å². The first kappa shape index (κ1) is 14.5. The number of anilines is 1. The second kappa shape index (κ2) is 5.61. The molecule has 0 saturated carbocycles. The zero-order chi connectivity index (χ0) is 14.8. The minimum Gasteiger partial charge on any atom is -0.496 e. The van der Waals surface area contributed by atoms with Crippen molar-refractivity contribution in [1.29, 1.82) is 0 Å². The SMILES string of the molecule is CC.COc1ccnc2ccc(N3CC(F)(F)C3)cc12. The first-order chi connectivity index (χ1) is 9.59. The van der Waals surface area contributed by atoms with E-state index in [2.05, 4.69) is 4.98 Å². The molecule has 0 unspecified atom stereocenters. The molecule has 3 rings (SSSR count). The predicted octanol–water partition coefficient (Wildman–Crippen LogP) is 3.72. The molecule has 1 aliphatic rings. The summed E-state index contributed by atoms with van der Waals surface area (Å²) in [4.78, 5) is 5.86. The third kappa shape index (κ3) is 2.66. The molecule has 0 N–H and O–H groups in total. The summed E-state index contributed by atoms with van der Waals surface area (Å²) in [6.07, 6.45) is 1.67. The first-order valence-electron chi connectivity index (χ1n) is 6.65. The second-order valence-corrected chi connectivity index (χ2v) is 4.43. The van der Waals surface area contributed by atoms with Crippen molar-refractivity contribution in [1.82, 2.24) is 4.98 Å². The van der Waals surface area contributed by atoms with E-state index < -0.39 is 5.92 Å². The lowest BCUT2D eigenvalue weighted by molar-refractivity contribution is -0.0262. The number of alkyl halides is 2. The van der Waals surface area contributed by atoms with E-state index in [0.29, 0.717) is 5.75 Å². The number of halogens is 2. The van der Waals surface area contributed by atoms with Crippen molar-refractivity contribution in [2.45, 2.75) is 19.8 Å². The van der Waals surface area contributed by atoms with Crippen molar-refractivity contribution >= 4 is 16.6 Å². The lowest BCUT2D eigenvalue weighted by atomic mass is 10.1. The van der Waals surface area contributed by atoms with Crippen molar-refractivity contribution in [3.8, 4) is 5.75 Å². The Morgan fingerprint density at radius 2 is 1.90 bits per heavy atom. The number of benzene rings is 1. The predicted molar refractivity (Wildman–Crippen MR) is 76.8 cm³/mol. The van der Waals surface area contributed by atoms with Crippen molar-refractivity contribution in [3.63, 3.8) is 0 Å². The molecule has 1 saturated heterocycles. The molecule has 3 nitrogen and oxygen atoms in total. The Balaban J connectivity index is 0.000000704. The largest absolute Gasteiger partial charge is 0.496 e. The Kier molecular flexibility index (Phi) is 4.06. The number of aromatic nitrogens is 1. The molecule has 0 radical (unpaired) electrons. The Morgan fingerprint density at radius 3 is 2.50 bits per heavy atom. The van der Waals surface area contributed by atoms with Gasteiger partial charge in [-0.1, -0.05) is 13.8 Å². The molecule has 1 fully saturated rings. The number of rotatable bonds is 2. The van der Waals surface area contributed by atoms with Crippen molar-refractivity contribution in [2.75, 3.05) is 25.1 Å². The van der Waals surface area contributed by atoms with E-state index in [-0.39, 0.29) is 13.1 Å². The molecule has 2 aromatic rings. The zero-order valence-electron chi connectivity index (χ0n) is 11.9. The number of pyridine rings is 1. The van der Waals surface area contributed by atoms with Crippen LogP contribution in [0.15, 0.2) is 30.5 Å². The fourth-order valence-corrected chi connectivity index (χ4v) is 2.18. The van der Waals surface area contributed by atoms with E-state index in [9.17, 15) is 8.78 Å². The van der Waals surface area contributed by atoms with E-state index in [4.69, 9.17) is 4.74 Å². The number of ether oxygens (including phenoxy) is 1. The van der Waals surface area contributed by atoms with Crippen LogP contribution in [0.25, 0.3) is 10.9 Å². The maximum atomic E-state index is 12.9. The van der Waals surface area contributed by atoms with Crippen molar-refractivity contribution in [3.05, 3.63) is 30.5 Å². The van der Waals surface area contributed by atoms with Gasteiger partial charge in [-0.05, 0) is 24.3 Å². The molecule has 5 heteroatoms. The van der Waals surface area contributed by atoms with Crippen LogP contribution in [-0.4, -0.2) is 31.1 Å². The van der Waals surface area contributed by atoms with E-state index in [1.54, 1.807) is 24.3 Å². The summed E-state index contributed by atoms with van der Waals surface area (Å²) in [5, 5.41) is 0.840. The van der Waals surface area contributed by atoms with Gasteiger partial charge in [0, 0.05) is 17.3 Å². The lowest BCUT2D eigenvalue weighted by Crippen LogP contribution is -2.56. The number of methoxy groups -OCH3 is 1. The van der Waals surface area contributed by atoms with Gasteiger partial charge in [0.2, 0.25) is 0 Å². The second-order valence-electron chi connectivity index (χ2n) is 4.43. The normalized spacial score (nSPS) is 16.1. The van der Waals surface area contributed by atoms with Gasteiger partial charge in [-0.2, -0.15) is 0 Å². The van der Waals surface area contributed by atoms with Crippen LogP contribution < -0.4 is 9.64 Å². The van der Waals surface area contributed by atoms with Gasteiger partial charge >= 0.3 is 0 Å². The van der Waals surface area contributed by atoms with Gasteiger partial charge in [-0.3, -0.25) is 4.98 Å². The van der Waals surface area contributed by atoms with Crippen LogP contribution in [0, 0.1) is 0 Å². The molecule has 1 aromatic heterocycles. The standard InChI is InChI=1S/C13H12F2N2O.C2H6/c1-18-12-4-5-16-11-3-2-9(6-10(11)12)17-7-13(14,15)8-17;1-2/h2-6H,7-8H2,1H3;1-2H3. The first-order valence-corrected chi connectivity index (χ1v) is 6.65. The summed E-state index contributed by atoms with van der Waals surface area (Å²) in [5.74, 6) is -1.86. The van der Waals surface area contributed by atoms with Crippen LogP contribution in [0.4, 0.5) is 14.5 Å². The van der Waals surface area contributed by atoms with E-state index in [1.165, 1.54) is 0 Å². The molecule has 2 heterocycles. The molecule has 108 valence electrons. The monoisotopic (exact) mass is 280 g/mol. The average Bonchev–Trinajstić information content (AvgIpc) is 2.45. The number of hydrogen-bond acceptors (Lipinski definition) is 3. The molecule has 20 heavy (non-hydrogen) atoms. The smallest absolute Gasteiger partial charge is 0.282 e. The fraction of sp³-hybridized carbons (Fsp3) is 0.400. The summed E-state index contributed by atoms with van der Waals surface area (Å²) in [5.41, 5.74) is 1.57. The van der Waals surface area contributed by atoms with E-state index in [0.717, 1.165) is 16.6 Å². The topological polar surface area (TPSA) is 25.4 Å². The van der Waals surface area contributed by atoms with E-state index >= 15 is 0 Å². The van der Waals surface area contributed by atoms with Crippen LogP contribution in [0.3, 0.4) is 0 Å². The molecule has 1 aliphatic heterocycles. The highest BCUT2D eigenvalue weighted by Gasteiger charge is 2.43. The zero-order valence-corrected chi connectivity index (χ0v) is 11.9. The van der Waals surface area contributed by atoms with Crippen LogP contribution >= 0.6 is 0 Å². The summed E-state index contributed by atoms with van der Waals surface area (Å²) in [6.45, 7) is 3.56. The maximum Gasteiger partial charge on any atom is 0.282 e. The average molecular weight is 280 g/mol. The third-order valence-electron chi connectivity index (χ3n) is 3.11. The highest BCUT2D eigenvalue weighted by Crippen LogP contribution is 2.34. The Bertz CT molecular complexity index is 593. The molecule has 1 aromatic carbocycles. The van der Waals surface area contributed by atoms with Gasteiger partial charge in [-0.25, -0.2) is 8.78 Å². The number of nitrogens with zero attached hydrogens (tertiary/aromatic N) is 2. The summed E-state index contributed by atoms with van der Waals surface area (Å²) in [6, 6.07) is 7.24. The van der Waals surface area contributed by atoms with Crippen molar-refractivity contribution < 1.29 is 13.5 Å². The molecular weight excluding hydrogens is 262 g/mol. The fourth-order valence-electron chi connectivity index (χ4n) is 2.18. The number of hydrogen-bond donors (Lipinski definition) is 0. The molecule has 0 amide bonds. The van der Waals surface area contributed by atoms with Crippen LogP contribution in [-0.2, 0) is 0 Å². The molecule has 0 spiro atoms. The summed E-state index contributed by atoms with van der Waals surface area (Å²) < 4.78 is 31.0. The summed E-state index contributed by atoms with van der Waals surface area (Å²) >= 11 is 0. The minimum absolute atomic E-state index is 0.221. The molecular formula is C15H18F2N2O. The Labute approximate surface area is 117 Å². The molecule has 0 aliphatic carbocycles. The van der Waals surface area contributed by atoms with Crippen LogP contribution in [0.5, 0.6) is 5.75 Å². The van der Waals surface area contributed by atoms with Gasteiger partial charge < -0.3 is 9.64 Å². The molecule has 0 bridgehead atoms. The molecule has 0 atom stereocenters. The highest BCUT2D eigenvalue weighted by atomic mass is 19.3. The van der Waals surface area contributed by atoms with Gasteiger partial charge in [0.25, 0.3) is 5.92 Å². The third-order valence-corrected chi connectivity index (χ3v) is 3.11. The van der Waals surface area contributed by atoms with Crippen molar-refractivity contribution in [2.24, 2.45) is 0 Å². The summed E-state index contributed by atoms with van der Waals surface area (Å²) in [7, 11) is 1.58. The minimum atomic E-state index is -2.56. The maximum absolute atomic E-state index is 12.9. The Morgan fingerprint density at radius 1 is 1.20 bits per heavy atom. The Hall–Kier alpha value is -1.91.